The van der Waals surface area contributed by atoms with E-state index in [1.54, 1.807) is 17.9 Å². The van der Waals surface area contributed by atoms with Crippen LogP contribution in [0.5, 0.6) is 0 Å². The normalized spacial score (nSPS) is 33.8. The van der Waals surface area contributed by atoms with Crippen LogP contribution in [-0.2, 0) is 23.9 Å². The third kappa shape index (κ3) is 3.65. The van der Waals surface area contributed by atoms with Gasteiger partial charge in [0.2, 0.25) is 11.8 Å². The van der Waals surface area contributed by atoms with E-state index in [2.05, 4.69) is 13.5 Å². The van der Waals surface area contributed by atoms with Crippen molar-refractivity contribution in [1.29, 1.82) is 0 Å². The second-order valence-corrected chi connectivity index (χ2v) is 9.40. The molecule has 0 aromatic carbocycles. The summed E-state index contributed by atoms with van der Waals surface area (Å²) in [4.78, 5) is 44.0. The Morgan fingerprint density at radius 2 is 2.09 bits per heavy atom. The van der Waals surface area contributed by atoms with Crippen LogP contribution >= 0.6 is 0 Å². The Labute approximate surface area is 190 Å². The number of carbonyl (C=O) groups excluding carboxylic acids is 3. The number of fused-ring (bicyclic) bond motifs is 1. The van der Waals surface area contributed by atoms with Gasteiger partial charge in [-0.15, -0.1) is 6.58 Å². The van der Waals surface area contributed by atoms with E-state index in [1.165, 1.54) is 4.90 Å². The molecule has 3 fully saturated rings. The molecule has 8 nitrogen and oxygen atoms in total. The van der Waals surface area contributed by atoms with Crippen LogP contribution in [0.1, 0.15) is 59.8 Å². The predicted octanol–water partition coefficient (Wildman–Crippen LogP) is 1.90. The molecule has 2 unspecified atom stereocenters. The number of unbranched alkanes of at least 4 members (excludes halogenated alkanes) is 1. The van der Waals surface area contributed by atoms with Crippen molar-refractivity contribution >= 4 is 17.8 Å². The number of likely N-dealkylation sites (tertiary alicyclic amines) is 1. The second kappa shape index (κ2) is 9.51. The Morgan fingerprint density at radius 1 is 1.38 bits per heavy atom. The number of hydrogen-bond donors (Lipinski definition) is 1. The van der Waals surface area contributed by atoms with E-state index >= 15 is 0 Å². The molecule has 0 aromatic rings. The molecule has 2 amide bonds. The van der Waals surface area contributed by atoms with Gasteiger partial charge in [0, 0.05) is 13.1 Å². The minimum absolute atomic E-state index is 0.199. The molecule has 0 aromatic heterocycles. The van der Waals surface area contributed by atoms with E-state index < -0.39 is 41.1 Å². The summed E-state index contributed by atoms with van der Waals surface area (Å²) in [6.07, 6.45) is 5.02. The molecule has 6 atom stereocenters. The van der Waals surface area contributed by atoms with Gasteiger partial charge in [0.25, 0.3) is 0 Å². The van der Waals surface area contributed by atoms with Crippen molar-refractivity contribution in [2.75, 3.05) is 26.3 Å². The Kier molecular flexibility index (Phi) is 7.34. The zero-order chi connectivity index (χ0) is 23.7. The van der Waals surface area contributed by atoms with E-state index in [4.69, 9.17) is 9.47 Å². The molecule has 180 valence electrons. The van der Waals surface area contributed by atoms with Gasteiger partial charge in [0.15, 0.2) is 0 Å². The van der Waals surface area contributed by atoms with Gasteiger partial charge in [-0.2, -0.15) is 0 Å². The number of hydrogen-bond acceptors (Lipinski definition) is 6. The fraction of sp³-hybridized carbons (Fsp3) is 0.792. The molecule has 3 saturated heterocycles. The van der Waals surface area contributed by atoms with Crippen molar-refractivity contribution in [3.05, 3.63) is 12.7 Å². The van der Waals surface area contributed by atoms with Gasteiger partial charge in [-0.1, -0.05) is 26.3 Å². The highest BCUT2D eigenvalue weighted by atomic mass is 16.6. The average Bonchev–Trinajstić information content (AvgIpc) is 3.33. The van der Waals surface area contributed by atoms with E-state index in [1.807, 2.05) is 13.8 Å². The van der Waals surface area contributed by atoms with Crippen LogP contribution < -0.4 is 0 Å². The predicted molar refractivity (Wildman–Crippen MR) is 119 cm³/mol. The van der Waals surface area contributed by atoms with E-state index in [0.29, 0.717) is 32.4 Å². The summed E-state index contributed by atoms with van der Waals surface area (Å²) in [5.74, 6) is -2.49. The minimum atomic E-state index is -1.09. The lowest BCUT2D eigenvalue weighted by atomic mass is 9.66. The number of ether oxygens (including phenoxy) is 2. The maximum atomic E-state index is 14.0. The molecule has 32 heavy (non-hydrogen) atoms. The standard InChI is InChI=1S/C24H38N2O6/c1-6-10-14-25(13-7-2)21(29)19-24-12-11-23(5,32-24)18(22(30)31-9-4)17(24)20(28)26(19)16(8-3)15-27/h7,16-19,27H,2,6,8-15H2,1,3-5H3/t16-,17-,18-,19?,23+,24?/m0/s1. The maximum absolute atomic E-state index is 14.0. The summed E-state index contributed by atoms with van der Waals surface area (Å²) in [7, 11) is 0. The summed E-state index contributed by atoms with van der Waals surface area (Å²) in [5.41, 5.74) is -1.93. The first-order valence-electron chi connectivity index (χ1n) is 12.0. The van der Waals surface area contributed by atoms with Crippen LogP contribution in [-0.4, -0.2) is 82.3 Å². The Balaban J connectivity index is 2.09. The SMILES string of the molecule is C=CCN(CCCC)C(=O)C1N([C@@H](CC)CO)C(=O)[C@@H]2[C@@H](C(=O)OCC)[C@@]3(C)CCC12O3. The molecule has 1 spiro atoms. The lowest BCUT2D eigenvalue weighted by Crippen LogP contribution is -2.58. The van der Waals surface area contributed by atoms with Crippen LogP contribution in [0, 0.1) is 11.8 Å². The fourth-order valence-corrected chi connectivity index (χ4v) is 6.01. The van der Waals surface area contributed by atoms with Gasteiger partial charge in [0.1, 0.15) is 17.6 Å². The van der Waals surface area contributed by atoms with Crippen LogP contribution in [0.4, 0.5) is 0 Å². The lowest BCUT2D eigenvalue weighted by molar-refractivity contribution is -0.161. The third-order valence-corrected chi connectivity index (χ3v) is 7.51. The molecule has 1 N–H and O–H groups in total. The van der Waals surface area contributed by atoms with Crippen LogP contribution in [0.25, 0.3) is 0 Å². The minimum Gasteiger partial charge on any atom is -0.466 e. The highest BCUT2D eigenvalue weighted by molar-refractivity contribution is 5.98. The van der Waals surface area contributed by atoms with Gasteiger partial charge >= 0.3 is 5.97 Å². The molecule has 0 aliphatic carbocycles. The third-order valence-electron chi connectivity index (χ3n) is 7.51. The molecular weight excluding hydrogens is 412 g/mol. The number of amides is 2. The zero-order valence-electron chi connectivity index (χ0n) is 19.8. The van der Waals surface area contributed by atoms with E-state index in [9.17, 15) is 19.5 Å². The quantitative estimate of drug-likeness (QED) is 0.382. The molecule has 0 radical (unpaired) electrons. The van der Waals surface area contributed by atoms with Crippen molar-refractivity contribution in [3.63, 3.8) is 0 Å². The Bertz CT molecular complexity index is 753. The Morgan fingerprint density at radius 3 is 2.66 bits per heavy atom. The smallest absolute Gasteiger partial charge is 0.312 e. The summed E-state index contributed by atoms with van der Waals surface area (Å²) < 4.78 is 11.9. The number of rotatable bonds is 11. The van der Waals surface area contributed by atoms with Crippen molar-refractivity contribution in [1.82, 2.24) is 9.80 Å². The molecule has 3 heterocycles. The van der Waals surface area contributed by atoms with Gasteiger partial charge in [-0.05, 0) is 39.5 Å². The van der Waals surface area contributed by atoms with Gasteiger partial charge in [-0.25, -0.2) is 0 Å². The monoisotopic (exact) mass is 450 g/mol. The maximum Gasteiger partial charge on any atom is 0.312 e. The molecular formula is C24H38N2O6. The van der Waals surface area contributed by atoms with Crippen molar-refractivity contribution in [3.8, 4) is 0 Å². The van der Waals surface area contributed by atoms with Crippen LogP contribution in [0.3, 0.4) is 0 Å². The first-order chi connectivity index (χ1) is 15.3. The van der Waals surface area contributed by atoms with Crippen LogP contribution in [0.2, 0.25) is 0 Å². The summed E-state index contributed by atoms with van der Waals surface area (Å²) in [5, 5.41) is 10.1. The van der Waals surface area contributed by atoms with Gasteiger partial charge in [-0.3, -0.25) is 14.4 Å². The molecule has 2 bridgehead atoms. The highest BCUT2D eigenvalue weighted by Crippen LogP contribution is 2.63. The number of aliphatic hydroxyl groups excluding tert-OH is 1. The average molecular weight is 451 g/mol. The van der Waals surface area contributed by atoms with Crippen molar-refractivity contribution in [2.24, 2.45) is 11.8 Å². The lowest BCUT2D eigenvalue weighted by Gasteiger charge is -2.39. The number of carbonyl (C=O) groups is 3. The summed E-state index contributed by atoms with van der Waals surface area (Å²) >= 11 is 0. The molecule has 0 saturated carbocycles. The second-order valence-electron chi connectivity index (χ2n) is 9.40. The number of aliphatic hydroxyl groups is 1. The molecule has 3 rings (SSSR count). The summed E-state index contributed by atoms with van der Waals surface area (Å²) in [6, 6.07) is -1.40. The largest absolute Gasteiger partial charge is 0.466 e. The highest BCUT2D eigenvalue weighted by Gasteiger charge is 2.79. The number of esters is 1. The molecule has 3 aliphatic rings. The zero-order valence-corrected chi connectivity index (χ0v) is 19.8. The van der Waals surface area contributed by atoms with Crippen molar-refractivity contribution in [2.45, 2.75) is 83.1 Å². The Hall–Kier alpha value is -1.93. The summed E-state index contributed by atoms with van der Waals surface area (Å²) in [6.45, 7) is 12.2. The van der Waals surface area contributed by atoms with E-state index in [0.717, 1.165) is 12.8 Å². The number of nitrogens with zero attached hydrogens (tertiary/aromatic N) is 2. The van der Waals surface area contributed by atoms with Crippen molar-refractivity contribution < 1.29 is 29.0 Å². The first-order valence-corrected chi connectivity index (χ1v) is 12.0. The fourth-order valence-electron chi connectivity index (χ4n) is 6.01. The first kappa shape index (κ1) is 24.7. The molecule has 8 heteroatoms. The topological polar surface area (TPSA) is 96.4 Å². The van der Waals surface area contributed by atoms with E-state index in [-0.39, 0.29) is 25.0 Å². The molecule has 3 aliphatic heterocycles. The van der Waals surface area contributed by atoms with Gasteiger partial charge in [0.05, 0.1) is 30.8 Å². The van der Waals surface area contributed by atoms with Gasteiger partial charge < -0.3 is 24.4 Å². The van der Waals surface area contributed by atoms with Crippen LogP contribution in [0.15, 0.2) is 12.7 Å².